The van der Waals surface area contributed by atoms with E-state index in [9.17, 15) is 18.0 Å². The smallest absolute Gasteiger partial charge is 0.338 e. The van der Waals surface area contributed by atoms with E-state index in [4.69, 9.17) is 4.74 Å². The normalized spacial score (nSPS) is 12.1. The summed E-state index contributed by atoms with van der Waals surface area (Å²) in [5.41, 5.74) is 1.11. The molecule has 0 saturated carbocycles. The fourth-order valence-corrected chi connectivity index (χ4v) is 4.57. The predicted molar refractivity (Wildman–Crippen MR) is 116 cm³/mol. The molecule has 1 amide bonds. The first-order chi connectivity index (χ1) is 14.2. The molecule has 8 heteroatoms. The number of hydrogen-bond acceptors (Lipinski definition) is 5. The number of amides is 1. The lowest BCUT2D eigenvalue weighted by molar-refractivity contribution is -0.124. The Hall–Kier alpha value is -2.87. The molecule has 0 bridgehead atoms. The van der Waals surface area contributed by atoms with Gasteiger partial charge in [0.05, 0.1) is 16.1 Å². The predicted octanol–water partition coefficient (Wildman–Crippen LogP) is 3.28. The van der Waals surface area contributed by atoms with Crippen LogP contribution >= 0.6 is 0 Å². The summed E-state index contributed by atoms with van der Waals surface area (Å²) in [4.78, 5) is 24.2. The molecule has 0 radical (unpaired) electrons. The highest BCUT2D eigenvalue weighted by atomic mass is 32.2. The monoisotopic (exact) mass is 432 g/mol. The van der Waals surface area contributed by atoms with Crippen molar-refractivity contribution in [2.45, 2.75) is 45.1 Å². The van der Waals surface area contributed by atoms with Gasteiger partial charge in [0.25, 0.3) is 15.9 Å². The van der Waals surface area contributed by atoms with Crippen LogP contribution in [-0.4, -0.2) is 39.5 Å². The maximum Gasteiger partial charge on any atom is 0.338 e. The van der Waals surface area contributed by atoms with Crippen molar-refractivity contribution in [1.29, 1.82) is 0 Å². The second-order valence-electron chi connectivity index (χ2n) is 6.94. The van der Waals surface area contributed by atoms with Crippen molar-refractivity contribution in [3.8, 4) is 0 Å². The molecule has 0 spiro atoms. The van der Waals surface area contributed by atoms with E-state index in [1.165, 1.54) is 16.4 Å². The number of ether oxygens (including phenoxy) is 1. The highest BCUT2D eigenvalue weighted by Gasteiger charge is 2.26. The van der Waals surface area contributed by atoms with Gasteiger partial charge in [0, 0.05) is 12.6 Å². The summed E-state index contributed by atoms with van der Waals surface area (Å²) < 4.78 is 32.9. The third-order valence-corrected chi connectivity index (χ3v) is 6.72. The molecular formula is C22H28N2O5S. The lowest BCUT2D eigenvalue weighted by atomic mass is 10.1. The fourth-order valence-electron chi connectivity index (χ4n) is 2.84. The second-order valence-corrected chi connectivity index (χ2v) is 8.77. The van der Waals surface area contributed by atoms with Crippen LogP contribution < -0.4 is 9.62 Å². The molecule has 0 fully saturated rings. The van der Waals surface area contributed by atoms with Gasteiger partial charge in [-0.15, -0.1) is 0 Å². The minimum absolute atomic E-state index is 0.0201. The Morgan fingerprint density at radius 1 is 1.10 bits per heavy atom. The van der Waals surface area contributed by atoms with Gasteiger partial charge in [-0.25, -0.2) is 13.2 Å². The molecule has 1 N–H and O–H groups in total. The minimum atomic E-state index is -3.90. The summed E-state index contributed by atoms with van der Waals surface area (Å²) in [6, 6.07) is 13.1. The first-order valence-electron chi connectivity index (χ1n) is 9.85. The fraction of sp³-hybridized carbons (Fsp3) is 0.364. The van der Waals surface area contributed by atoms with Gasteiger partial charge >= 0.3 is 5.97 Å². The van der Waals surface area contributed by atoms with Crippen LogP contribution in [0.15, 0.2) is 53.4 Å². The molecule has 2 aromatic rings. The van der Waals surface area contributed by atoms with Crippen molar-refractivity contribution < 1.29 is 22.7 Å². The van der Waals surface area contributed by atoms with E-state index in [1.54, 1.807) is 44.2 Å². The van der Waals surface area contributed by atoms with E-state index in [1.807, 2.05) is 19.9 Å². The first kappa shape index (κ1) is 23.4. The second kappa shape index (κ2) is 10.2. The summed E-state index contributed by atoms with van der Waals surface area (Å²) in [5, 5.41) is 2.70. The van der Waals surface area contributed by atoms with Gasteiger partial charge in [0.15, 0.2) is 6.61 Å². The van der Waals surface area contributed by atoms with E-state index in [-0.39, 0.29) is 23.0 Å². The van der Waals surface area contributed by atoms with Gasteiger partial charge in [0.2, 0.25) is 0 Å². The van der Waals surface area contributed by atoms with Crippen molar-refractivity contribution in [3.05, 3.63) is 59.7 Å². The first-order valence-corrected chi connectivity index (χ1v) is 11.3. The molecular weight excluding hydrogens is 404 g/mol. The van der Waals surface area contributed by atoms with Crippen LogP contribution in [0.1, 0.15) is 43.1 Å². The number of carbonyl (C=O) groups is 2. The third kappa shape index (κ3) is 5.60. The summed E-state index contributed by atoms with van der Waals surface area (Å²) in [6.45, 7) is 7.00. The van der Waals surface area contributed by atoms with Gasteiger partial charge in [-0.3, -0.25) is 9.10 Å². The van der Waals surface area contributed by atoms with E-state index in [0.717, 1.165) is 6.42 Å². The Morgan fingerprint density at radius 2 is 1.77 bits per heavy atom. The number of hydrogen-bond donors (Lipinski definition) is 1. The van der Waals surface area contributed by atoms with Crippen LogP contribution in [-0.2, 0) is 19.6 Å². The summed E-state index contributed by atoms with van der Waals surface area (Å²) in [5.74, 6) is -1.16. The largest absolute Gasteiger partial charge is 0.452 e. The van der Waals surface area contributed by atoms with Crippen molar-refractivity contribution in [1.82, 2.24) is 5.32 Å². The highest BCUT2D eigenvalue weighted by molar-refractivity contribution is 7.92. The number of sulfonamides is 1. The van der Waals surface area contributed by atoms with Crippen LogP contribution in [0.2, 0.25) is 0 Å². The van der Waals surface area contributed by atoms with Crippen molar-refractivity contribution in [2.75, 3.05) is 17.5 Å². The van der Waals surface area contributed by atoms with Gasteiger partial charge in [-0.2, -0.15) is 0 Å². The zero-order valence-corrected chi connectivity index (χ0v) is 18.5. The van der Waals surface area contributed by atoms with Crippen LogP contribution in [0.3, 0.4) is 0 Å². The number of nitrogens with zero attached hydrogens (tertiary/aromatic N) is 1. The highest BCUT2D eigenvalue weighted by Crippen LogP contribution is 2.26. The van der Waals surface area contributed by atoms with Gasteiger partial charge in [0.1, 0.15) is 0 Å². The number of aryl methyl sites for hydroxylation is 1. The molecule has 0 aromatic heterocycles. The SMILES string of the molecule is CC[C@H](C)NC(=O)COC(=O)c1ccc(C)c(S(=O)(=O)N(CC)c2ccccc2)c1. The lowest BCUT2D eigenvalue weighted by Crippen LogP contribution is -2.35. The van der Waals surface area contributed by atoms with Gasteiger partial charge in [-0.05, 0) is 57.0 Å². The Morgan fingerprint density at radius 3 is 2.37 bits per heavy atom. The van der Waals surface area contributed by atoms with Crippen molar-refractivity contribution >= 4 is 27.6 Å². The topological polar surface area (TPSA) is 92.8 Å². The zero-order chi connectivity index (χ0) is 22.3. The standard InChI is InChI=1S/C22H28N2O5S/c1-5-17(4)23-21(25)15-29-22(26)18-13-12-16(3)20(14-18)30(27,28)24(6-2)19-10-8-7-9-11-19/h7-14,17H,5-6,15H2,1-4H3,(H,23,25)/t17-/m0/s1. The summed E-state index contributed by atoms with van der Waals surface area (Å²) in [7, 11) is -3.90. The third-order valence-electron chi connectivity index (χ3n) is 4.68. The molecule has 2 aromatic carbocycles. The van der Waals surface area contributed by atoms with Gasteiger partial charge < -0.3 is 10.1 Å². The number of nitrogens with one attached hydrogen (secondary N) is 1. The Kier molecular flexibility index (Phi) is 8.00. The number of carbonyl (C=O) groups excluding carboxylic acids is 2. The minimum Gasteiger partial charge on any atom is -0.452 e. The molecule has 1 atom stereocenters. The number of para-hydroxylation sites is 1. The Bertz CT molecular complexity index is 990. The average molecular weight is 433 g/mol. The van der Waals surface area contributed by atoms with E-state index < -0.39 is 28.5 Å². The van der Waals surface area contributed by atoms with Gasteiger partial charge in [-0.1, -0.05) is 31.2 Å². The number of anilines is 1. The molecule has 0 aliphatic rings. The molecule has 30 heavy (non-hydrogen) atoms. The lowest BCUT2D eigenvalue weighted by Gasteiger charge is -2.24. The molecule has 7 nitrogen and oxygen atoms in total. The molecule has 0 saturated heterocycles. The maximum absolute atomic E-state index is 13.3. The molecule has 162 valence electrons. The molecule has 0 heterocycles. The van der Waals surface area contributed by atoms with Crippen LogP contribution in [0, 0.1) is 6.92 Å². The molecule has 0 unspecified atom stereocenters. The average Bonchev–Trinajstić information content (AvgIpc) is 2.73. The van der Waals surface area contributed by atoms with Crippen LogP contribution in [0.25, 0.3) is 0 Å². The summed E-state index contributed by atoms with van der Waals surface area (Å²) in [6.07, 6.45) is 0.758. The Balaban J connectivity index is 2.25. The molecule has 2 rings (SSSR count). The van der Waals surface area contributed by atoms with Crippen molar-refractivity contribution in [2.24, 2.45) is 0 Å². The van der Waals surface area contributed by atoms with E-state index in [0.29, 0.717) is 11.3 Å². The quantitative estimate of drug-likeness (QED) is 0.614. The summed E-state index contributed by atoms with van der Waals surface area (Å²) >= 11 is 0. The van der Waals surface area contributed by atoms with Crippen LogP contribution in [0.5, 0.6) is 0 Å². The molecule has 0 aliphatic heterocycles. The maximum atomic E-state index is 13.3. The zero-order valence-electron chi connectivity index (χ0n) is 17.7. The van der Waals surface area contributed by atoms with E-state index in [2.05, 4.69) is 5.32 Å². The molecule has 0 aliphatic carbocycles. The van der Waals surface area contributed by atoms with E-state index >= 15 is 0 Å². The number of rotatable bonds is 9. The number of esters is 1. The van der Waals surface area contributed by atoms with Crippen LogP contribution in [0.4, 0.5) is 5.69 Å². The Labute approximate surface area is 178 Å². The number of benzene rings is 2. The van der Waals surface area contributed by atoms with Crippen molar-refractivity contribution in [3.63, 3.8) is 0 Å².